The first kappa shape index (κ1) is 18.0. The molecule has 5 heteroatoms. The quantitative estimate of drug-likeness (QED) is 0.697. The predicted molar refractivity (Wildman–Crippen MR) is 82.9 cm³/mol. The van der Waals surface area contributed by atoms with Crippen LogP contribution in [0, 0.1) is 5.92 Å². The van der Waals surface area contributed by atoms with Gasteiger partial charge in [0.25, 0.3) is 0 Å². The predicted octanol–water partition coefficient (Wildman–Crippen LogP) is 1.95. The molecule has 122 valence electrons. The Morgan fingerprint density at radius 3 is 2.33 bits per heavy atom. The number of nitrogens with one attached hydrogen (secondary N) is 1. The number of rotatable bonds is 8. The first-order chi connectivity index (χ1) is 9.94. The molecule has 1 saturated heterocycles. The monoisotopic (exact) mass is 298 g/mol. The van der Waals surface area contributed by atoms with E-state index < -0.39 is 11.6 Å². The molecule has 1 unspecified atom stereocenters. The Kier molecular flexibility index (Phi) is 6.65. The van der Waals surface area contributed by atoms with Gasteiger partial charge in [-0.25, -0.2) is 0 Å². The summed E-state index contributed by atoms with van der Waals surface area (Å²) in [4.78, 5) is 27.2. The molecule has 0 aromatic heterocycles. The lowest BCUT2D eigenvalue weighted by atomic mass is 9.84. The van der Waals surface area contributed by atoms with Crippen LogP contribution in [0.1, 0.15) is 53.4 Å². The maximum Gasteiger partial charge on any atom is 0.246 e. The van der Waals surface area contributed by atoms with E-state index in [2.05, 4.69) is 5.32 Å². The van der Waals surface area contributed by atoms with Gasteiger partial charge in [-0.2, -0.15) is 0 Å². The van der Waals surface area contributed by atoms with Gasteiger partial charge in [0.2, 0.25) is 11.8 Å². The van der Waals surface area contributed by atoms with Gasteiger partial charge in [-0.3, -0.25) is 9.59 Å². The second kappa shape index (κ2) is 7.78. The van der Waals surface area contributed by atoms with Crippen LogP contribution in [0.3, 0.4) is 0 Å². The smallest absolute Gasteiger partial charge is 0.246 e. The van der Waals surface area contributed by atoms with Crippen molar-refractivity contribution in [1.82, 2.24) is 10.2 Å². The first-order valence-corrected chi connectivity index (χ1v) is 8.06. The van der Waals surface area contributed by atoms with E-state index in [1.54, 1.807) is 7.11 Å². The summed E-state index contributed by atoms with van der Waals surface area (Å²) in [5, 5.41) is 2.94. The van der Waals surface area contributed by atoms with Crippen molar-refractivity contribution in [1.29, 1.82) is 0 Å². The molecule has 1 N–H and O–H groups in total. The van der Waals surface area contributed by atoms with E-state index in [4.69, 9.17) is 4.74 Å². The molecule has 1 fully saturated rings. The summed E-state index contributed by atoms with van der Waals surface area (Å²) in [6.07, 6.45) is 3.06. The van der Waals surface area contributed by atoms with Crippen molar-refractivity contribution in [3.63, 3.8) is 0 Å². The van der Waals surface area contributed by atoms with Crippen LogP contribution >= 0.6 is 0 Å². The van der Waals surface area contributed by atoms with E-state index in [9.17, 15) is 9.59 Å². The van der Waals surface area contributed by atoms with E-state index in [1.165, 1.54) is 0 Å². The van der Waals surface area contributed by atoms with Crippen molar-refractivity contribution < 1.29 is 14.3 Å². The van der Waals surface area contributed by atoms with Crippen LogP contribution < -0.4 is 5.32 Å². The molecule has 1 aliphatic heterocycles. The molecule has 0 aliphatic carbocycles. The number of hydrogen-bond donors (Lipinski definition) is 1. The zero-order valence-corrected chi connectivity index (χ0v) is 14.1. The number of hydrogen-bond acceptors (Lipinski definition) is 3. The Morgan fingerprint density at radius 2 is 1.86 bits per heavy atom. The number of carbonyl (C=O) groups excluding carboxylic acids is 2. The highest BCUT2D eigenvalue weighted by Crippen LogP contribution is 2.30. The maximum absolute atomic E-state index is 12.8. The lowest BCUT2D eigenvalue weighted by Crippen LogP contribution is -2.71. The molecule has 0 aromatic rings. The lowest BCUT2D eigenvalue weighted by molar-refractivity contribution is -0.159. The summed E-state index contributed by atoms with van der Waals surface area (Å²) < 4.78 is 5.06. The summed E-state index contributed by atoms with van der Waals surface area (Å²) in [5.41, 5.74) is -0.685. The Morgan fingerprint density at radius 1 is 1.24 bits per heavy atom. The van der Waals surface area contributed by atoms with Gasteiger partial charge >= 0.3 is 0 Å². The molecule has 0 bridgehead atoms. The fourth-order valence-corrected chi connectivity index (χ4v) is 3.08. The molecule has 0 saturated carbocycles. The average Bonchev–Trinajstić information content (AvgIpc) is 2.46. The maximum atomic E-state index is 12.8. The van der Waals surface area contributed by atoms with Gasteiger partial charge in [-0.05, 0) is 31.6 Å². The molecule has 21 heavy (non-hydrogen) atoms. The van der Waals surface area contributed by atoms with Crippen LogP contribution in [0.25, 0.3) is 0 Å². The molecular weight excluding hydrogens is 268 g/mol. The van der Waals surface area contributed by atoms with Crippen molar-refractivity contribution in [2.24, 2.45) is 5.92 Å². The van der Waals surface area contributed by atoms with Gasteiger partial charge in [0, 0.05) is 20.3 Å². The molecular formula is C16H30N2O3. The van der Waals surface area contributed by atoms with Crippen LogP contribution in [0.4, 0.5) is 0 Å². The molecule has 1 aliphatic rings. The normalized spacial score (nSPS) is 21.8. The number of methoxy groups -OCH3 is 1. The minimum absolute atomic E-state index is 0.00228. The number of carbonyl (C=O) groups is 2. The molecule has 5 nitrogen and oxygen atoms in total. The highest BCUT2D eigenvalue weighted by molar-refractivity contribution is 5.99. The van der Waals surface area contributed by atoms with E-state index in [-0.39, 0.29) is 17.7 Å². The number of nitrogens with zero attached hydrogens (tertiary/aromatic N) is 1. The summed E-state index contributed by atoms with van der Waals surface area (Å²) in [6, 6.07) is -0.397. The Balaban J connectivity index is 2.95. The Hall–Kier alpha value is -1.10. The summed E-state index contributed by atoms with van der Waals surface area (Å²) in [6.45, 7) is 9.21. The fraction of sp³-hybridized carbons (Fsp3) is 0.875. The SMILES string of the molecule is CCC1(CC)C(=O)NC(C(C)C)C(=O)N1CCCCOC. The van der Waals surface area contributed by atoms with Gasteiger partial charge < -0.3 is 15.0 Å². The van der Waals surface area contributed by atoms with Crippen molar-refractivity contribution in [3.8, 4) is 0 Å². The third-order valence-corrected chi connectivity index (χ3v) is 4.57. The van der Waals surface area contributed by atoms with Crippen molar-refractivity contribution in [2.45, 2.75) is 65.0 Å². The van der Waals surface area contributed by atoms with Crippen LogP contribution in [0.5, 0.6) is 0 Å². The third kappa shape index (κ3) is 3.57. The van der Waals surface area contributed by atoms with Crippen molar-refractivity contribution in [3.05, 3.63) is 0 Å². The highest BCUT2D eigenvalue weighted by atomic mass is 16.5. The molecule has 1 atom stereocenters. The minimum atomic E-state index is -0.685. The topological polar surface area (TPSA) is 58.6 Å². The van der Waals surface area contributed by atoms with Gasteiger partial charge in [0.05, 0.1) is 0 Å². The zero-order valence-electron chi connectivity index (χ0n) is 14.1. The Labute approximate surface area is 128 Å². The van der Waals surface area contributed by atoms with Gasteiger partial charge in [-0.1, -0.05) is 27.7 Å². The van der Waals surface area contributed by atoms with E-state index in [0.717, 1.165) is 12.8 Å². The minimum Gasteiger partial charge on any atom is -0.385 e. The highest BCUT2D eigenvalue weighted by Gasteiger charge is 2.50. The number of piperazine rings is 1. The number of ether oxygens (including phenoxy) is 1. The molecule has 1 heterocycles. The fourth-order valence-electron chi connectivity index (χ4n) is 3.08. The Bertz CT molecular complexity index is 365. The van der Waals surface area contributed by atoms with Crippen LogP contribution in [0.15, 0.2) is 0 Å². The molecule has 0 radical (unpaired) electrons. The standard InChI is InChI=1S/C16H30N2O3/c1-6-16(7-2)15(20)17-13(12(3)4)14(19)18(16)10-8-9-11-21-5/h12-13H,6-11H2,1-5H3,(H,17,20). The molecule has 0 aromatic carbocycles. The van der Waals surface area contributed by atoms with Crippen LogP contribution in [-0.4, -0.2) is 48.6 Å². The van der Waals surface area contributed by atoms with E-state index >= 15 is 0 Å². The number of unbranched alkanes of at least 4 members (excludes halogenated alkanes) is 1. The zero-order chi connectivity index (χ0) is 16.0. The van der Waals surface area contributed by atoms with Crippen molar-refractivity contribution in [2.75, 3.05) is 20.3 Å². The van der Waals surface area contributed by atoms with Gasteiger partial charge in [0.15, 0.2) is 0 Å². The van der Waals surface area contributed by atoms with Crippen LogP contribution in [-0.2, 0) is 14.3 Å². The molecule has 2 amide bonds. The van der Waals surface area contributed by atoms with Crippen molar-refractivity contribution >= 4 is 11.8 Å². The summed E-state index contributed by atoms with van der Waals surface area (Å²) in [5.74, 6) is 0.165. The lowest BCUT2D eigenvalue weighted by Gasteiger charge is -2.48. The van der Waals surface area contributed by atoms with E-state index in [1.807, 2.05) is 32.6 Å². The van der Waals surface area contributed by atoms with Gasteiger partial charge in [-0.15, -0.1) is 0 Å². The second-order valence-corrected chi connectivity index (χ2v) is 6.12. The second-order valence-electron chi connectivity index (χ2n) is 6.12. The third-order valence-electron chi connectivity index (χ3n) is 4.57. The average molecular weight is 298 g/mol. The molecule has 0 spiro atoms. The number of amides is 2. The summed E-state index contributed by atoms with van der Waals surface area (Å²) in [7, 11) is 1.68. The molecule has 1 rings (SSSR count). The van der Waals surface area contributed by atoms with E-state index in [0.29, 0.717) is 26.0 Å². The van der Waals surface area contributed by atoms with Gasteiger partial charge in [0.1, 0.15) is 11.6 Å². The largest absolute Gasteiger partial charge is 0.385 e. The summed E-state index contributed by atoms with van der Waals surface area (Å²) >= 11 is 0. The van der Waals surface area contributed by atoms with Crippen LogP contribution in [0.2, 0.25) is 0 Å². The first-order valence-electron chi connectivity index (χ1n) is 8.06.